The van der Waals surface area contributed by atoms with Crippen molar-refractivity contribution in [3.63, 3.8) is 0 Å². The Balaban J connectivity index is 1.48. The van der Waals surface area contributed by atoms with E-state index in [1.54, 1.807) is 7.11 Å². The summed E-state index contributed by atoms with van der Waals surface area (Å²) in [5, 5.41) is 8.29. The Hall–Kier alpha value is -3.58. The normalized spacial score (nSPS) is 12.3. The number of amides is 1. The predicted molar refractivity (Wildman–Crippen MR) is 128 cm³/mol. The van der Waals surface area contributed by atoms with E-state index >= 15 is 0 Å². The second-order valence-electron chi connectivity index (χ2n) is 8.39. The van der Waals surface area contributed by atoms with Gasteiger partial charge in [-0.3, -0.25) is 9.69 Å². The van der Waals surface area contributed by atoms with E-state index in [1.165, 1.54) is 0 Å². The monoisotopic (exact) mass is 446 g/mol. The topological polar surface area (TPSA) is 83.4 Å². The number of carbonyl (C=O) groups is 1. The number of likely N-dealkylation sites (N-methyl/N-ethyl adjacent to an activating group) is 1. The van der Waals surface area contributed by atoms with Crippen LogP contribution >= 0.6 is 0 Å². The number of para-hydroxylation sites is 1. The van der Waals surface area contributed by atoms with E-state index in [1.807, 2.05) is 56.3 Å². The zero-order valence-corrected chi connectivity index (χ0v) is 19.5. The highest BCUT2D eigenvalue weighted by atomic mass is 16.5. The van der Waals surface area contributed by atoms with E-state index in [9.17, 15) is 4.79 Å². The predicted octanol–water partition coefficient (Wildman–Crippen LogP) is 4.16. The van der Waals surface area contributed by atoms with Crippen molar-refractivity contribution in [2.75, 3.05) is 27.2 Å². The average Bonchev–Trinajstić information content (AvgIpc) is 3.38. The number of aromatic nitrogens is 2. The number of benzene rings is 2. The van der Waals surface area contributed by atoms with Gasteiger partial charge in [-0.05, 0) is 50.2 Å². The summed E-state index contributed by atoms with van der Waals surface area (Å²) in [6, 6.07) is 16.2. The quantitative estimate of drug-likeness (QED) is 0.403. The van der Waals surface area contributed by atoms with Crippen LogP contribution in [0.3, 0.4) is 0 Å². The first-order valence-electron chi connectivity index (χ1n) is 11.0. The SMILES string of the molecule is COc1ccc(C(CNC(=O)CN(C)Cc2c(C)noc2C)c2c[nH]c3ccccc23)cc1. The number of nitrogens with zero attached hydrogens (tertiary/aromatic N) is 2. The third-order valence-electron chi connectivity index (χ3n) is 6.04. The lowest BCUT2D eigenvalue weighted by Crippen LogP contribution is -2.37. The summed E-state index contributed by atoms with van der Waals surface area (Å²) in [6.45, 7) is 5.20. The van der Waals surface area contributed by atoms with Crippen molar-refractivity contribution < 1.29 is 14.1 Å². The van der Waals surface area contributed by atoms with Gasteiger partial charge < -0.3 is 19.6 Å². The lowest BCUT2D eigenvalue weighted by Gasteiger charge is -2.20. The molecule has 2 aromatic heterocycles. The highest BCUT2D eigenvalue weighted by Crippen LogP contribution is 2.31. The van der Waals surface area contributed by atoms with Gasteiger partial charge in [-0.2, -0.15) is 0 Å². The Morgan fingerprint density at radius 1 is 1.18 bits per heavy atom. The van der Waals surface area contributed by atoms with Gasteiger partial charge in [-0.15, -0.1) is 0 Å². The second kappa shape index (κ2) is 9.92. The fourth-order valence-electron chi connectivity index (χ4n) is 4.20. The molecule has 2 N–H and O–H groups in total. The van der Waals surface area contributed by atoms with Crippen LogP contribution in [-0.4, -0.2) is 48.2 Å². The molecule has 33 heavy (non-hydrogen) atoms. The molecule has 0 saturated heterocycles. The molecule has 1 unspecified atom stereocenters. The first kappa shape index (κ1) is 22.6. The van der Waals surface area contributed by atoms with Crippen LogP contribution in [0.15, 0.2) is 59.3 Å². The molecule has 0 radical (unpaired) electrons. The van der Waals surface area contributed by atoms with E-state index < -0.39 is 0 Å². The van der Waals surface area contributed by atoms with E-state index in [4.69, 9.17) is 9.26 Å². The molecular weight excluding hydrogens is 416 g/mol. The van der Waals surface area contributed by atoms with Crippen molar-refractivity contribution in [2.45, 2.75) is 26.3 Å². The summed E-state index contributed by atoms with van der Waals surface area (Å²) in [7, 11) is 3.58. The lowest BCUT2D eigenvalue weighted by atomic mass is 9.90. The second-order valence-corrected chi connectivity index (χ2v) is 8.39. The van der Waals surface area contributed by atoms with Gasteiger partial charge in [0.25, 0.3) is 0 Å². The number of hydrogen-bond donors (Lipinski definition) is 2. The third-order valence-corrected chi connectivity index (χ3v) is 6.04. The summed E-state index contributed by atoms with van der Waals surface area (Å²) in [4.78, 5) is 18.1. The number of rotatable bonds is 9. The van der Waals surface area contributed by atoms with E-state index in [-0.39, 0.29) is 18.4 Å². The van der Waals surface area contributed by atoms with Crippen LogP contribution in [0.1, 0.15) is 34.1 Å². The third kappa shape index (κ3) is 5.09. The summed E-state index contributed by atoms with van der Waals surface area (Å²) in [6.07, 6.45) is 2.04. The highest BCUT2D eigenvalue weighted by Gasteiger charge is 2.20. The number of hydrogen-bond acceptors (Lipinski definition) is 5. The molecule has 1 atom stereocenters. The van der Waals surface area contributed by atoms with Crippen molar-refractivity contribution in [1.29, 1.82) is 0 Å². The van der Waals surface area contributed by atoms with Crippen LogP contribution in [0.4, 0.5) is 0 Å². The van der Waals surface area contributed by atoms with Crippen molar-refractivity contribution >= 4 is 16.8 Å². The van der Waals surface area contributed by atoms with Gasteiger partial charge in [0, 0.05) is 41.7 Å². The summed E-state index contributed by atoms with van der Waals surface area (Å²) < 4.78 is 10.6. The summed E-state index contributed by atoms with van der Waals surface area (Å²) in [5.41, 5.74) is 5.24. The van der Waals surface area contributed by atoms with Gasteiger partial charge in [-0.1, -0.05) is 35.5 Å². The fourth-order valence-corrected chi connectivity index (χ4v) is 4.20. The highest BCUT2D eigenvalue weighted by molar-refractivity contribution is 5.84. The molecule has 2 heterocycles. The van der Waals surface area contributed by atoms with Gasteiger partial charge in [0.2, 0.25) is 5.91 Å². The zero-order chi connectivity index (χ0) is 23.4. The van der Waals surface area contributed by atoms with Gasteiger partial charge in [0.05, 0.1) is 19.3 Å². The van der Waals surface area contributed by atoms with E-state index in [0.29, 0.717) is 13.1 Å². The first-order valence-corrected chi connectivity index (χ1v) is 11.0. The number of ether oxygens (including phenoxy) is 1. The van der Waals surface area contributed by atoms with E-state index in [0.717, 1.165) is 44.8 Å². The van der Waals surface area contributed by atoms with Crippen LogP contribution in [0.25, 0.3) is 10.9 Å². The minimum atomic E-state index is -0.0254. The Morgan fingerprint density at radius 3 is 2.64 bits per heavy atom. The number of carbonyl (C=O) groups excluding carboxylic acids is 1. The molecule has 0 bridgehead atoms. The standard InChI is InChI=1S/C26H30N4O3/c1-17-24(18(2)33-29-17)15-30(3)16-26(31)28-13-22(19-9-11-20(32-4)12-10-19)23-14-27-25-8-6-5-7-21(23)25/h5-12,14,22,27H,13,15-16H2,1-4H3,(H,28,31). The molecule has 1 amide bonds. The molecule has 0 aliphatic heterocycles. The number of H-pyrrole nitrogens is 1. The molecule has 0 spiro atoms. The molecule has 7 nitrogen and oxygen atoms in total. The molecule has 172 valence electrons. The molecule has 7 heteroatoms. The zero-order valence-electron chi connectivity index (χ0n) is 19.5. The molecule has 4 aromatic rings. The fraction of sp³-hybridized carbons (Fsp3) is 0.308. The molecule has 2 aromatic carbocycles. The minimum Gasteiger partial charge on any atom is -0.497 e. The number of fused-ring (bicyclic) bond motifs is 1. The number of methoxy groups -OCH3 is 1. The summed E-state index contributed by atoms with van der Waals surface area (Å²) in [5.74, 6) is 1.58. The van der Waals surface area contributed by atoms with Gasteiger partial charge >= 0.3 is 0 Å². The molecule has 0 fully saturated rings. The Kier molecular flexibility index (Phi) is 6.79. The van der Waals surface area contributed by atoms with Crippen LogP contribution in [-0.2, 0) is 11.3 Å². The Labute approximate surface area is 193 Å². The van der Waals surface area contributed by atoms with Crippen molar-refractivity contribution in [3.05, 3.63) is 82.9 Å². The Morgan fingerprint density at radius 2 is 1.94 bits per heavy atom. The molecular formula is C26H30N4O3. The van der Waals surface area contributed by atoms with E-state index in [2.05, 4.69) is 39.7 Å². The van der Waals surface area contributed by atoms with Gasteiger partial charge in [0.1, 0.15) is 11.5 Å². The van der Waals surface area contributed by atoms with Crippen molar-refractivity contribution in [1.82, 2.24) is 20.4 Å². The van der Waals surface area contributed by atoms with Crippen molar-refractivity contribution in [3.8, 4) is 5.75 Å². The first-order chi connectivity index (χ1) is 16.0. The molecule has 4 rings (SSSR count). The maximum atomic E-state index is 12.8. The summed E-state index contributed by atoms with van der Waals surface area (Å²) >= 11 is 0. The van der Waals surface area contributed by atoms with Crippen LogP contribution < -0.4 is 10.1 Å². The van der Waals surface area contributed by atoms with Crippen LogP contribution in [0.2, 0.25) is 0 Å². The molecule has 0 aliphatic carbocycles. The smallest absolute Gasteiger partial charge is 0.234 e. The van der Waals surface area contributed by atoms with Crippen LogP contribution in [0, 0.1) is 13.8 Å². The number of nitrogens with one attached hydrogen (secondary N) is 2. The maximum absolute atomic E-state index is 12.8. The average molecular weight is 447 g/mol. The molecule has 0 saturated carbocycles. The lowest BCUT2D eigenvalue weighted by molar-refractivity contribution is -0.122. The maximum Gasteiger partial charge on any atom is 0.234 e. The van der Waals surface area contributed by atoms with Gasteiger partial charge in [0.15, 0.2) is 0 Å². The van der Waals surface area contributed by atoms with Crippen molar-refractivity contribution in [2.24, 2.45) is 0 Å². The number of aromatic amines is 1. The Bertz CT molecular complexity index is 1210. The van der Waals surface area contributed by atoms with Crippen LogP contribution in [0.5, 0.6) is 5.75 Å². The minimum absolute atomic E-state index is 0.00359. The van der Waals surface area contributed by atoms with Gasteiger partial charge in [-0.25, -0.2) is 0 Å². The largest absolute Gasteiger partial charge is 0.497 e. The number of aryl methyl sites for hydroxylation is 2. The molecule has 0 aliphatic rings.